The summed E-state index contributed by atoms with van der Waals surface area (Å²) < 4.78 is 7.85. The van der Waals surface area contributed by atoms with Crippen molar-refractivity contribution in [3.63, 3.8) is 0 Å². The fourth-order valence-corrected chi connectivity index (χ4v) is 3.60. The highest BCUT2D eigenvalue weighted by molar-refractivity contribution is 6.28. The van der Waals surface area contributed by atoms with Gasteiger partial charge in [0.05, 0.1) is 6.33 Å². The topological polar surface area (TPSA) is 68.6 Å². The number of rotatable bonds is 2. The minimum atomic E-state index is -0.0385. The zero-order chi connectivity index (χ0) is 16.8. The van der Waals surface area contributed by atoms with E-state index in [9.17, 15) is 0 Å². The van der Waals surface area contributed by atoms with Crippen LogP contribution < -0.4 is 0 Å². The molecule has 4 heterocycles. The summed E-state index contributed by atoms with van der Waals surface area (Å²) in [6, 6.07) is 8.19. The molecule has 5 rings (SSSR count). The van der Waals surface area contributed by atoms with Crippen LogP contribution >= 0.6 is 11.6 Å². The van der Waals surface area contributed by atoms with Crippen LogP contribution in [0.4, 0.5) is 0 Å². The first-order chi connectivity index (χ1) is 12.3. The Hall–Kier alpha value is -2.44. The van der Waals surface area contributed by atoms with Crippen molar-refractivity contribution < 1.29 is 4.74 Å². The van der Waals surface area contributed by atoms with Crippen LogP contribution in [0.5, 0.6) is 0 Å². The van der Waals surface area contributed by atoms with Gasteiger partial charge in [-0.2, -0.15) is 4.98 Å². The second kappa shape index (κ2) is 5.82. The Labute approximate surface area is 148 Å². The molecule has 1 fully saturated rings. The van der Waals surface area contributed by atoms with E-state index in [-0.39, 0.29) is 11.5 Å². The number of aromatic nitrogens is 5. The Bertz CT molecular complexity index is 1060. The Morgan fingerprint density at radius 3 is 3.04 bits per heavy atom. The summed E-state index contributed by atoms with van der Waals surface area (Å²) in [5.41, 5.74) is 4.20. The second-order valence-electron chi connectivity index (χ2n) is 6.27. The fourth-order valence-electron chi connectivity index (χ4n) is 3.44. The number of ether oxygens (including phenoxy) is 1. The number of hydrogen-bond donors (Lipinski definition) is 1. The molecule has 0 amide bonds. The van der Waals surface area contributed by atoms with E-state index in [1.807, 2.05) is 22.9 Å². The van der Waals surface area contributed by atoms with Crippen LogP contribution in [0.2, 0.25) is 5.28 Å². The number of nitrogens with one attached hydrogen (secondary N) is 1. The average Bonchev–Trinajstić information content (AvgIpc) is 3.27. The van der Waals surface area contributed by atoms with Gasteiger partial charge in [0, 0.05) is 23.9 Å². The molecule has 0 saturated carbocycles. The van der Waals surface area contributed by atoms with Crippen molar-refractivity contribution in [3.8, 4) is 11.3 Å². The molecular weight excluding hydrogens is 338 g/mol. The minimum absolute atomic E-state index is 0.0385. The molecular formula is C18H16ClN5O. The van der Waals surface area contributed by atoms with E-state index < -0.39 is 0 Å². The van der Waals surface area contributed by atoms with Gasteiger partial charge in [-0.25, -0.2) is 9.97 Å². The summed E-state index contributed by atoms with van der Waals surface area (Å²) in [5.74, 6) is 0. The van der Waals surface area contributed by atoms with Crippen molar-refractivity contribution in [2.75, 3.05) is 6.61 Å². The molecule has 3 aromatic heterocycles. The third kappa shape index (κ3) is 2.49. The standard InChI is InChI=1S/C18H16ClN5O/c19-18-22-15(12-5-4-11-6-7-20-13(11)9-12)16-17(23-18)24(10-21-16)14-3-1-2-8-25-14/h4-7,9-10,14,20H,1-3,8H2. The van der Waals surface area contributed by atoms with Gasteiger partial charge < -0.3 is 9.72 Å². The van der Waals surface area contributed by atoms with Crippen LogP contribution in [0.3, 0.4) is 0 Å². The molecule has 0 bridgehead atoms. The monoisotopic (exact) mass is 353 g/mol. The molecule has 1 aliphatic heterocycles. The molecule has 0 spiro atoms. The van der Waals surface area contributed by atoms with Gasteiger partial charge in [-0.1, -0.05) is 12.1 Å². The highest BCUT2D eigenvalue weighted by atomic mass is 35.5. The Morgan fingerprint density at radius 1 is 1.20 bits per heavy atom. The van der Waals surface area contributed by atoms with Crippen LogP contribution in [0, 0.1) is 0 Å². The minimum Gasteiger partial charge on any atom is -0.361 e. The highest BCUT2D eigenvalue weighted by Crippen LogP contribution is 2.31. The molecule has 4 aromatic rings. The lowest BCUT2D eigenvalue weighted by atomic mass is 10.1. The van der Waals surface area contributed by atoms with Crippen LogP contribution in [-0.4, -0.2) is 31.1 Å². The molecule has 6 nitrogen and oxygen atoms in total. The van der Waals surface area contributed by atoms with Crippen LogP contribution in [0.25, 0.3) is 33.3 Å². The predicted molar refractivity (Wildman–Crippen MR) is 96.5 cm³/mol. The van der Waals surface area contributed by atoms with Gasteiger partial charge >= 0.3 is 0 Å². The third-order valence-corrected chi connectivity index (χ3v) is 4.86. The first kappa shape index (κ1) is 14.9. The predicted octanol–water partition coefficient (Wildman–Crippen LogP) is 4.33. The van der Waals surface area contributed by atoms with E-state index >= 15 is 0 Å². The molecule has 1 saturated heterocycles. The maximum atomic E-state index is 6.23. The van der Waals surface area contributed by atoms with Gasteiger partial charge in [0.2, 0.25) is 5.28 Å². The first-order valence-electron chi connectivity index (χ1n) is 8.39. The van der Waals surface area contributed by atoms with Gasteiger partial charge in [-0.3, -0.25) is 4.57 Å². The summed E-state index contributed by atoms with van der Waals surface area (Å²) >= 11 is 6.23. The molecule has 1 atom stereocenters. The smallest absolute Gasteiger partial charge is 0.225 e. The average molecular weight is 354 g/mol. The molecule has 1 aliphatic rings. The molecule has 0 radical (unpaired) electrons. The zero-order valence-corrected chi connectivity index (χ0v) is 14.2. The highest BCUT2D eigenvalue weighted by Gasteiger charge is 2.21. The number of halogens is 1. The van der Waals surface area contributed by atoms with Crippen molar-refractivity contribution in [2.24, 2.45) is 0 Å². The van der Waals surface area contributed by atoms with Gasteiger partial charge in [0.15, 0.2) is 5.65 Å². The number of benzene rings is 1. The van der Waals surface area contributed by atoms with Crippen molar-refractivity contribution in [1.29, 1.82) is 0 Å². The summed E-state index contributed by atoms with van der Waals surface area (Å²) in [5, 5.41) is 1.37. The van der Waals surface area contributed by atoms with Gasteiger partial charge in [-0.05, 0) is 48.4 Å². The summed E-state index contributed by atoms with van der Waals surface area (Å²) in [6.45, 7) is 0.763. The van der Waals surface area contributed by atoms with Gasteiger partial charge in [0.25, 0.3) is 0 Å². The lowest BCUT2D eigenvalue weighted by Gasteiger charge is -2.23. The van der Waals surface area contributed by atoms with Gasteiger partial charge in [0.1, 0.15) is 17.4 Å². The van der Waals surface area contributed by atoms with Crippen LogP contribution in [-0.2, 0) is 4.74 Å². The van der Waals surface area contributed by atoms with E-state index in [2.05, 4.69) is 32.1 Å². The van der Waals surface area contributed by atoms with Gasteiger partial charge in [-0.15, -0.1) is 0 Å². The zero-order valence-electron chi connectivity index (χ0n) is 13.4. The van der Waals surface area contributed by atoms with Crippen LogP contribution in [0.1, 0.15) is 25.5 Å². The van der Waals surface area contributed by atoms with Crippen molar-refractivity contribution in [3.05, 3.63) is 42.1 Å². The fraction of sp³-hybridized carbons (Fsp3) is 0.278. The summed E-state index contributed by atoms with van der Waals surface area (Å²) in [6.07, 6.45) is 6.86. The number of fused-ring (bicyclic) bond motifs is 2. The lowest BCUT2D eigenvalue weighted by molar-refractivity contribution is -0.0298. The molecule has 1 aromatic carbocycles. The SMILES string of the molecule is Clc1nc(-c2ccc3cc[nH]c3c2)c2ncn(C3CCCCO3)c2n1. The van der Waals surface area contributed by atoms with Crippen molar-refractivity contribution in [1.82, 2.24) is 24.5 Å². The number of imidazole rings is 1. The van der Waals surface area contributed by atoms with E-state index in [1.165, 1.54) is 0 Å². The van der Waals surface area contributed by atoms with E-state index in [1.54, 1.807) is 6.33 Å². The molecule has 1 N–H and O–H groups in total. The third-order valence-electron chi connectivity index (χ3n) is 4.69. The molecule has 7 heteroatoms. The maximum absolute atomic E-state index is 6.23. The summed E-state index contributed by atoms with van der Waals surface area (Å²) in [7, 11) is 0. The van der Waals surface area contributed by atoms with E-state index in [0.717, 1.165) is 53.5 Å². The first-order valence-corrected chi connectivity index (χ1v) is 8.76. The van der Waals surface area contributed by atoms with E-state index in [0.29, 0.717) is 5.65 Å². The molecule has 1 unspecified atom stereocenters. The number of H-pyrrole nitrogens is 1. The maximum Gasteiger partial charge on any atom is 0.225 e. The molecule has 0 aliphatic carbocycles. The largest absolute Gasteiger partial charge is 0.361 e. The number of aromatic amines is 1. The molecule has 126 valence electrons. The normalized spacial score (nSPS) is 18.2. The van der Waals surface area contributed by atoms with Crippen molar-refractivity contribution in [2.45, 2.75) is 25.5 Å². The van der Waals surface area contributed by atoms with Crippen molar-refractivity contribution >= 4 is 33.7 Å². The summed E-state index contributed by atoms with van der Waals surface area (Å²) in [4.78, 5) is 16.7. The van der Waals surface area contributed by atoms with Crippen LogP contribution in [0.15, 0.2) is 36.8 Å². The Kier molecular flexibility index (Phi) is 3.46. The number of nitrogens with zero attached hydrogens (tertiary/aromatic N) is 4. The Balaban J connectivity index is 1.68. The number of hydrogen-bond acceptors (Lipinski definition) is 4. The lowest BCUT2D eigenvalue weighted by Crippen LogP contribution is -2.17. The molecule has 25 heavy (non-hydrogen) atoms. The van der Waals surface area contributed by atoms with E-state index in [4.69, 9.17) is 16.3 Å². The quantitative estimate of drug-likeness (QED) is 0.545. The Morgan fingerprint density at radius 2 is 2.16 bits per heavy atom. The second-order valence-corrected chi connectivity index (χ2v) is 6.60.